The summed E-state index contributed by atoms with van der Waals surface area (Å²) in [5.74, 6) is -0.0475. The zero-order valence-corrected chi connectivity index (χ0v) is 8.55. The van der Waals surface area contributed by atoms with Crippen LogP contribution in [0.4, 0.5) is 0 Å². The number of carbonyl (C=O) groups excluding carboxylic acids is 1. The number of rotatable bonds is 2. The molecule has 0 radical (unpaired) electrons. The number of hydrogen-bond acceptors (Lipinski definition) is 2. The van der Waals surface area contributed by atoms with Crippen molar-refractivity contribution in [3.63, 3.8) is 0 Å². The molecule has 0 saturated heterocycles. The first-order valence-electron chi connectivity index (χ1n) is 3.53. The smallest absolute Gasteiger partial charge is 0.241 e. The van der Waals surface area contributed by atoms with Crippen molar-refractivity contribution in [3.8, 4) is 0 Å². The Hall–Kier alpha value is -0.840. The molecule has 5 heteroatoms. The summed E-state index contributed by atoms with van der Waals surface area (Å²) in [5, 5.41) is 6.55. The SMILES string of the molecule is CNC(=O)Cn1ncc(Br)c1C. The van der Waals surface area contributed by atoms with Crippen LogP contribution < -0.4 is 5.32 Å². The van der Waals surface area contributed by atoms with Gasteiger partial charge in [-0.25, -0.2) is 0 Å². The number of aromatic nitrogens is 2. The summed E-state index contributed by atoms with van der Waals surface area (Å²) < 4.78 is 2.56. The highest BCUT2D eigenvalue weighted by Crippen LogP contribution is 2.13. The largest absolute Gasteiger partial charge is 0.358 e. The molecule has 1 amide bonds. The molecule has 66 valence electrons. The molecular weight excluding hydrogens is 222 g/mol. The molecule has 0 atom stereocenters. The summed E-state index contributed by atoms with van der Waals surface area (Å²) in [5.41, 5.74) is 0.957. The number of hydrogen-bond donors (Lipinski definition) is 1. The van der Waals surface area contributed by atoms with Crippen LogP contribution in [0.1, 0.15) is 5.69 Å². The van der Waals surface area contributed by atoms with Crippen molar-refractivity contribution in [1.82, 2.24) is 15.1 Å². The Morgan fingerprint density at radius 1 is 1.83 bits per heavy atom. The maximum Gasteiger partial charge on any atom is 0.241 e. The molecule has 0 aliphatic heterocycles. The lowest BCUT2D eigenvalue weighted by atomic mass is 10.5. The molecule has 1 N–H and O–H groups in total. The summed E-state index contributed by atoms with van der Waals surface area (Å²) in [6.07, 6.45) is 1.68. The molecule has 0 bridgehead atoms. The van der Waals surface area contributed by atoms with Crippen molar-refractivity contribution >= 4 is 21.8 Å². The second-order valence-corrected chi connectivity index (χ2v) is 3.26. The van der Waals surface area contributed by atoms with Gasteiger partial charge in [-0.2, -0.15) is 5.10 Å². The molecule has 1 heterocycles. The number of nitrogens with one attached hydrogen (secondary N) is 1. The van der Waals surface area contributed by atoms with Crippen LogP contribution in [0.3, 0.4) is 0 Å². The standard InChI is InChI=1S/C7H10BrN3O/c1-5-6(8)3-10-11(5)4-7(12)9-2/h3H,4H2,1-2H3,(H,9,12). The van der Waals surface area contributed by atoms with Gasteiger partial charge < -0.3 is 5.32 Å². The van der Waals surface area contributed by atoms with E-state index in [4.69, 9.17) is 0 Å². The van der Waals surface area contributed by atoms with Gasteiger partial charge in [0.05, 0.1) is 16.4 Å². The average Bonchev–Trinajstić information content (AvgIpc) is 2.36. The predicted molar refractivity (Wildman–Crippen MR) is 48.7 cm³/mol. The molecular formula is C7H10BrN3O. The lowest BCUT2D eigenvalue weighted by Gasteiger charge is -2.02. The van der Waals surface area contributed by atoms with E-state index in [9.17, 15) is 4.79 Å². The van der Waals surface area contributed by atoms with Crippen molar-refractivity contribution in [3.05, 3.63) is 16.4 Å². The molecule has 0 spiro atoms. The summed E-state index contributed by atoms with van der Waals surface area (Å²) in [7, 11) is 1.61. The zero-order chi connectivity index (χ0) is 9.14. The maximum atomic E-state index is 11.0. The number of carbonyl (C=O) groups is 1. The topological polar surface area (TPSA) is 46.9 Å². The van der Waals surface area contributed by atoms with Crippen molar-refractivity contribution in [2.75, 3.05) is 7.05 Å². The molecule has 0 unspecified atom stereocenters. The van der Waals surface area contributed by atoms with Crippen LogP contribution in [0.15, 0.2) is 10.7 Å². The van der Waals surface area contributed by atoms with Gasteiger partial charge in [0.1, 0.15) is 6.54 Å². The Bertz CT molecular complexity index is 295. The van der Waals surface area contributed by atoms with Gasteiger partial charge in [0, 0.05) is 7.05 Å². The molecule has 1 aromatic heterocycles. The quantitative estimate of drug-likeness (QED) is 0.815. The Morgan fingerprint density at radius 2 is 2.50 bits per heavy atom. The van der Waals surface area contributed by atoms with E-state index in [-0.39, 0.29) is 12.5 Å². The molecule has 1 rings (SSSR count). The normalized spacial score (nSPS) is 9.92. The van der Waals surface area contributed by atoms with Crippen LogP contribution in [0, 0.1) is 6.92 Å². The molecule has 0 saturated carbocycles. The predicted octanol–water partition coefficient (Wildman–Crippen LogP) is 0.700. The third kappa shape index (κ3) is 1.85. The summed E-state index contributed by atoms with van der Waals surface area (Å²) in [4.78, 5) is 11.0. The minimum Gasteiger partial charge on any atom is -0.358 e. The minimum atomic E-state index is -0.0475. The summed E-state index contributed by atoms with van der Waals surface area (Å²) in [6, 6.07) is 0. The van der Waals surface area contributed by atoms with Crippen molar-refractivity contribution in [2.45, 2.75) is 13.5 Å². The summed E-state index contributed by atoms with van der Waals surface area (Å²) >= 11 is 3.31. The van der Waals surface area contributed by atoms with Gasteiger partial charge in [0.2, 0.25) is 5.91 Å². The number of likely N-dealkylation sites (N-methyl/N-ethyl adjacent to an activating group) is 1. The lowest BCUT2D eigenvalue weighted by Crippen LogP contribution is -2.24. The first kappa shape index (κ1) is 9.25. The fourth-order valence-electron chi connectivity index (χ4n) is 0.798. The Morgan fingerprint density at radius 3 is 2.92 bits per heavy atom. The monoisotopic (exact) mass is 231 g/mol. The van der Waals surface area contributed by atoms with Crippen LogP contribution in [0.2, 0.25) is 0 Å². The fraction of sp³-hybridized carbons (Fsp3) is 0.429. The van der Waals surface area contributed by atoms with Gasteiger partial charge in [-0.1, -0.05) is 0 Å². The van der Waals surface area contributed by atoms with Crippen molar-refractivity contribution < 1.29 is 4.79 Å². The molecule has 12 heavy (non-hydrogen) atoms. The van der Waals surface area contributed by atoms with Crippen molar-refractivity contribution in [1.29, 1.82) is 0 Å². The lowest BCUT2D eigenvalue weighted by molar-refractivity contribution is -0.121. The van der Waals surface area contributed by atoms with E-state index in [1.807, 2.05) is 6.92 Å². The van der Waals surface area contributed by atoms with Gasteiger partial charge in [0.15, 0.2) is 0 Å². The highest BCUT2D eigenvalue weighted by atomic mass is 79.9. The van der Waals surface area contributed by atoms with E-state index < -0.39 is 0 Å². The van der Waals surface area contributed by atoms with Crippen LogP contribution in [0.5, 0.6) is 0 Å². The highest BCUT2D eigenvalue weighted by molar-refractivity contribution is 9.10. The molecule has 0 fully saturated rings. The second kappa shape index (κ2) is 3.71. The fourth-order valence-corrected chi connectivity index (χ4v) is 1.09. The first-order valence-corrected chi connectivity index (χ1v) is 4.33. The van der Waals surface area contributed by atoms with Gasteiger partial charge in [-0.15, -0.1) is 0 Å². The van der Waals surface area contributed by atoms with Crippen molar-refractivity contribution in [2.24, 2.45) is 0 Å². The molecule has 1 aromatic rings. The van der Waals surface area contributed by atoms with E-state index in [2.05, 4.69) is 26.3 Å². The first-order chi connectivity index (χ1) is 5.65. The van der Waals surface area contributed by atoms with Gasteiger partial charge in [-0.3, -0.25) is 9.48 Å². The number of amides is 1. The Labute approximate surface area is 79.1 Å². The van der Waals surface area contributed by atoms with E-state index in [1.165, 1.54) is 0 Å². The molecule has 0 aliphatic rings. The third-order valence-corrected chi connectivity index (χ3v) is 2.39. The minimum absolute atomic E-state index is 0.0475. The van der Waals surface area contributed by atoms with Gasteiger partial charge in [0.25, 0.3) is 0 Å². The molecule has 0 aromatic carbocycles. The second-order valence-electron chi connectivity index (χ2n) is 2.41. The van der Waals surface area contributed by atoms with Crippen LogP contribution >= 0.6 is 15.9 Å². The zero-order valence-electron chi connectivity index (χ0n) is 6.97. The van der Waals surface area contributed by atoms with E-state index in [0.29, 0.717) is 0 Å². The number of halogens is 1. The third-order valence-electron chi connectivity index (χ3n) is 1.62. The highest BCUT2D eigenvalue weighted by Gasteiger charge is 2.05. The summed E-state index contributed by atoms with van der Waals surface area (Å²) in [6.45, 7) is 2.17. The molecule has 0 aliphatic carbocycles. The van der Waals surface area contributed by atoms with Gasteiger partial charge in [-0.05, 0) is 22.9 Å². The van der Waals surface area contributed by atoms with Crippen LogP contribution in [-0.2, 0) is 11.3 Å². The van der Waals surface area contributed by atoms with Gasteiger partial charge >= 0.3 is 0 Å². The Balaban J connectivity index is 2.76. The van der Waals surface area contributed by atoms with Crippen LogP contribution in [-0.4, -0.2) is 22.7 Å². The van der Waals surface area contributed by atoms with E-state index >= 15 is 0 Å². The van der Waals surface area contributed by atoms with Crippen LogP contribution in [0.25, 0.3) is 0 Å². The Kier molecular flexibility index (Phi) is 2.86. The van der Waals surface area contributed by atoms with E-state index in [0.717, 1.165) is 10.2 Å². The maximum absolute atomic E-state index is 11.0. The molecule has 4 nitrogen and oxygen atoms in total. The number of nitrogens with zero attached hydrogens (tertiary/aromatic N) is 2. The average molecular weight is 232 g/mol. The van der Waals surface area contributed by atoms with E-state index in [1.54, 1.807) is 17.9 Å².